The second-order valence-corrected chi connectivity index (χ2v) is 9.89. The van der Waals surface area contributed by atoms with Crippen LogP contribution >= 0.6 is 0 Å². The van der Waals surface area contributed by atoms with E-state index >= 15 is 0 Å². The van der Waals surface area contributed by atoms with Crippen LogP contribution in [0.2, 0.25) is 0 Å². The van der Waals surface area contributed by atoms with Gasteiger partial charge in [0.1, 0.15) is 0 Å². The number of aliphatic imine (C=N–C) groups is 1. The lowest BCUT2D eigenvalue weighted by atomic mass is 9.83. The molecule has 1 saturated carbocycles. The Morgan fingerprint density at radius 3 is 2.54 bits per heavy atom. The molecule has 0 aliphatic heterocycles. The van der Waals surface area contributed by atoms with Crippen LogP contribution in [0.5, 0.6) is 0 Å². The number of guanidine groups is 1. The Kier molecular flexibility index (Phi) is 8.76. The zero-order valence-electron chi connectivity index (χ0n) is 17.7. The molecule has 158 valence electrons. The van der Waals surface area contributed by atoms with E-state index in [9.17, 15) is 8.42 Å². The molecule has 0 saturated heterocycles. The van der Waals surface area contributed by atoms with Crippen LogP contribution in [0.4, 0.5) is 0 Å². The molecule has 6 nitrogen and oxygen atoms in total. The van der Waals surface area contributed by atoms with Crippen molar-refractivity contribution in [3.8, 4) is 0 Å². The lowest BCUT2D eigenvalue weighted by Gasteiger charge is -2.31. The van der Waals surface area contributed by atoms with Crippen molar-refractivity contribution in [2.75, 3.05) is 27.2 Å². The van der Waals surface area contributed by atoms with Gasteiger partial charge in [0.15, 0.2) is 5.96 Å². The number of nitrogens with one attached hydrogen (secondary N) is 2. The van der Waals surface area contributed by atoms with E-state index in [1.54, 1.807) is 0 Å². The fourth-order valence-corrected chi connectivity index (χ4v) is 4.49. The Labute approximate surface area is 170 Å². The normalized spacial score (nSPS) is 20.8. The quantitative estimate of drug-likeness (QED) is 0.512. The Balaban J connectivity index is 2.01. The van der Waals surface area contributed by atoms with E-state index in [4.69, 9.17) is 4.99 Å². The Bertz CT molecular complexity index is 741. The van der Waals surface area contributed by atoms with Gasteiger partial charge in [0.25, 0.3) is 0 Å². The summed E-state index contributed by atoms with van der Waals surface area (Å²) in [5.41, 5.74) is 1.79. The number of hydrogen-bond donors (Lipinski definition) is 2. The first-order valence-electron chi connectivity index (χ1n) is 10.3. The average Bonchev–Trinajstić information content (AvgIpc) is 2.67. The second kappa shape index (κ2) is 10.8. The van der Waals surface area contributed by atoms with Gasteiger partial charge in [-0.25, -0.2) is 18.1 Å². The maximum atomic E-state index is 11.8. The van der Waals surface area contributed by atoms with Gasteiger partial charge < -0.3 is 10.2 Å². The van der Waals surface area contributed by atoms with Crippen molar-refractivity contribution < 1.29 is 8.42 Å². The van der Waals surface area contributed by atoms with Crippen LogP contribution in [0.15, 0.2) is 29.3 Å². The van der Waals surface area contributed by atoms with Crippen LogP contribution in [0.1, 0.15) is 50.7 Å². The Hall–Kier alpha value is -1.60. The number of rotatable bonds is 8. The smallest absolute Gasteiger partial charge is 0.215 e. The molecule has 28 heavy (non-hydrogen) atoms. The topological polar surface area (TPSA) is 73.8 Å². The minimum atomic E-state index is -3.27. The number of hydrogen-bond acceptors (Lipinski definition) is 3. The van der Waals surface area contributed by atoms with Crippen LogP contribution in [0, 0.1) is 11.8 Å². The molecule has 0 radical (unpaired) electrons. The van der Waals surface area contributed by atoms with Crippen molar-refractivity contribution in [3.05, 3.63) is 35.4 Å². The third-order valence-electron chi connectivity index (χ3n) is 5.43. The van der Waals surface area contributed by atoms with Gasteiger partial charge in [-0.15, -0.1) is 0 Å². The van der Waals surface area contributed by atoms with Gasteiger partial charge in [0.2, 0.25) is 10.0 Å². The maximum Gasteiger partial charge on any atom is 0.215 e. The van der Waals surface area contributed by atoms with Crippen molar-refractivity contribution >= 4 is 16.0 Å². The third kappa shape index (κ3) is 7.43. The molecule has 0 amide bonds. The van der Waals surface area contributed by atoms with Crippen molar-refractivity contribution in [2.45, 2.75) is 51.8 Å². The highest BCUT2D eigenvalue weighted by molar-refractivity contribution is 7.88. The van der Waals surface area contributed by atoms with Gasteiger partial charge in [0, 0.05) is 20.1 Å². The first-order valence-corrected chi connectivity index (χ1v) is 12.0. The molecule has 0 aromatic heterocycles. The molecule has 0 spiro atoms. The van der Waals surface area contributed by atoms with Crippen molar-refractivity contribution in [1.29, 1.82) is 0 Å². The van der Waals surface area contributed by atoms with Gasteiger partial charge in [0.05, 0.1) is 12.3 Å². The summed E-state index contributed by atoms with van der Waals surface area (Å²) < 4.78 is 25.9. The Morgan fingerprint density at radius 2 is 1.89 bits per heavy atom. The lowest BCUT2D eigenvalue weighted by Crippen LogP contribution is -2.41. The molecule has 2 N–H and O–H groups in total. The van der Waals surface area contributed by atoms with Crippen LogP contribution < -0.4 is 10.0 Å². The maximum absolute atomic E-state index is 11.8. The van der Waals surface area contributed by atoms with Crippen molar-refractivity contribution in [2.24, 2.45) is 16.8 Å². The zero-order valence-corrected chi connectivity index (χ0v) is 18.6. The molecule has 1 aromatic rings. The Morgan fingerprint density at radius 1 is 1.21 bits per heavy atom. The van der Waals surface area contributed by atoms with Crippen LogP contribution in [0.25, 0.3) is 0 Å². The number of nitrogens with zero attached hydrogens (tertiary/aromatic N) is 2. The highest BCUT2D eigenvalue weighted by Gasteiger charge is 2.20. The van der Waals surface area contributed by atoms with Gasteiger partial charge in [-0.2, -0.15) is 0 Å². The molecule has 0 bridgehead atoms. The van der Waals surface area contributed by atoms with Gasteiger partial charge >= 0.3 is 0 Å². The predicted octanol–water partition coefficient (Wildman–Crippen LogP) is 2.96. The summed E-state index contributed by atoms with van der Waals surface area (Å²) in [5, 5.41) is 3.38. The van der Waals surface area contributed by atoms with Crippen molar-refractivity contribution in [1.82, 2.24) is 14.9 Å². The van der Waals surface area contributed by atoms with E-state index in [1.807, 2.05) is 24.3 Å². The fraction of sp³-hybridized carbons (Fsp3) is 0.667. The molecular formula is C21H36N4O2S. The summed E-state index contributed by atoms with van der Waals surface area (Å²) in [6, 6.07) is 7.64. The van der Waals surface area contributed by atoms with Gasteiger partial charge in [-0.3, -0.25) is 0 Å². The van der Waals surface area contributed by atoms with Crippen LogP contribution in [-0.2, 0) is 22.3 Å². The third-order valence-corrected chi connectivity index (χ3v) is 6.77. The van der Waals surface area contributed by atoms with Crippen LogP contribution in [-0.4, -0.2) is 46.5 Å². The van der Waals surface area contributed by atoms with E-state index in [0.717, 1.165) is 42.0 Å². The minimum absolute atomic E-state index is 0.0128. The van der Waals surface area contributed by atoms with E-state index in [2.05, 4.69) is 35.8 Å². The molecule has 1 aliphatic rings. The summed E-state index contributed by atoms with van der Waals surface area (Å²) in [4.78, 5) is 7.02. The van der Waals surface area contributed by atoms with Gasteiger partial charge in [-0.1, -0.05) is 44.0 Å². The summed E-state index contributed by atoms with van der Waals surface area (Å²) in [5.74, 6) is 2.50. The molecule has 1 aromatic carbocycles. The van der Waals surface area contributed by atoms with Gasteiger partial charge in [-0.05, 0) is 49.8 Å². The zero-order chi connectivity index (χ0) is 20.6. The first kappa shape index (κ1) is 22.7. The summed E-state index contributed by atoms with van der Waals surface area (Å²) in [7, 11) is 0.277. The predicted molar refractivity (Wildman–Crippen MR) is 117 cm³/mol. The van der Waals surface area contributed by atoms with E-state index in [1.165, 1.54) is 32.7 Å². The molecule has 7 heteroatoms. The molecule has 0 heterocycles. The first-order chi connectivity index (χ1) is 13.3. The molecule has 1 aliphatic carbocycles. The summed E-state index contributed by atoms with van der Waals surface area (Å²) in [6.07, 6.45) is 5.25. The summed E-state index contributed by atoms with van der Waals surface area (Å²) in [6.45, 7) is 6.81. The number of benzene rings is 1. The van der Waals surface area contributed by atoms with E-state index in [-0.39, 0.29) is 5.75 Å². The monoisotopic (exact) mass is 408 g/mol. The fourth-order valence-electron chi connectivity index (χ4n) is 3.73. The largest absolute Gasteiger partial charge is 0.357 e. The average molecular weight is 409 g/mol. The van der Waals surface area contributed by atoms with E-state index in [0.29, 0.717) is 6.54 Å². The molecule has 2 rings (SSSR count). The molecule has 0 atom stereocenters. The SMILES string of the molecule is CCNC(=NCc1cccc(CS(=O)(=O)NC)c1)N(C)CC1CCC(C)CC1. The van der Waals surface area contributed by atoms with E-state index < -0.39 is 10.0 Å². The molecule has 1 fully saturated rings. The highest BCUT2D eigenvalue weighted by atomic mass is 32.2. The highest BCUT2D eigenvalue weighted by Crippen LogP contribution is 2.28. The van der Waals surface area contributed by atoms with Crippen molar-refractivity contribution in [3.63, 3.8) is 0 Å². The molecule has 0 unspecified atom stereocenters. The summed E-state index contributed by atoms with van der Waals surface area (Å²) >= 11 is 0. The molecular weight excluding hydrogens is 372 g/mol. The minimum Gasteiger partial charge on any atom is -0.357 e. The lowest BCUT2D eigenvalue weighted by molar-refractivity contribution is 0.250. The number of sulfonamides is 1. The second-order valence-electron chi connectivity index (χ2n) is 7.96. The standard InChI is InChI=1S/C21H36N4O2S/c1-5-23-21(25(4)15-18-11-9-17(2)10-12-18)24-14-19-7-6-8-20(13-19)16-28(26,27)22-3/h6-8,13,17-18,22H,5,9-12,14-16H2,1-4H3,(H,23,24). The van der Waals surface area contributed by atoms with Crippen LogP contribution in [0.3, 0.4) is 0 Å².